The summed E-state index contributed by atoms with van der Waals surface area (Å²) in [6, 6.07) is 0. The number of aromatic nitrogens is 2. The van der Waals surface area contributed by atoms with Gasteiger partial charge in [-0.15, -0.1) is 0 Å². The highest BCUT2D eigenvalue weighted by Crippen LogP contribution is 2.33. The van der Waals surface area contributed by atoms with Gasteiger partial charge in [-0.2, -0.15) is 5.10 Å². The standard InChI is InChI=1S/C10H18N2O4/c1-10(13,9(15-4)16-5)8-7(14-3)6-11-12(8)2/h6,9,13H,1-5H3. The second-order valence-corrected chi connectivity index (χ2v) is 3.64. The van der Waals surface area contributed by atoms with Gasteiger partial charge in [-0.1, -0.05) is 0 Å². The summed E-state index contributed by atoms with van der Waals surface area (Å²) in [5, 5.41) is 14.5. The quantitative estimate of drug-likeness (QED) is 0.735. The van der Waals surface area contributed by atoms with Crippen LogP contribution in [0, 0.1) is 0 Å². The highest BCUT2D eigenvalue weighted by Gasteiger charge is 2.39. The van der Waals surface area contributed by atoms with E-state index in [1.54, 1.807) is 14.0 Å². The monoisotopic (exact) mass is 230 g/mol. The maximum Gasteiger partial charge on any atom is 0.191 e. The van der Waals surface area contributed by atoms with Gasteiger partial charge in [0.15, 0.2) is 17.6 Å². The Balaban J connectivity index is 3.18. The molecule has 1 aromatic rings. The number of aryl methyl sites for hydroxylation is 1. The maximum atomic E-state index is 10.4. The SMILES string of the molecule is COc1cnn(C)c1C(C)(O)C(OC)OC. The fourth-order valence-corrected chi connectivity index (χ4v) is 1.81. The van der Waals surface area contributed by atoms with Gasteiger partial charge in [0.25, 0.3) is 0 Å². The molecule has 0 amide bonds. The highest BCUT2D eigenvalue weighted by atomic mass is 16.7. The molecule has 0 aliphatic carbocycles. The number of rotatable bonds is 5. The van der Waals surface area contributed by atoms with E-state index >= 15 is 0 Å². The van der Waals surface area contributed by atoms with Crippen LogP contribution < -0.4 is 4.74 Å². The van der Waals surface area contributed by atoms with Gasteiger partial charge in [-0.25, -0.2) is 0 Å². The Morgan fingerprint density at radius 1 is 1.38 bits per heavy atom. The normalized spacial score (nSPS) is 15.2. The lowest BCUT2D eigenvalue weighted by atomic mass is 10.0. The first kappa shape index (κ1) is 13.0. The smallest absolute Gasteiger partial charge is 0.191 e. The largest absolute Gasteiger partial charge is 0.493 e. The summed E-state index contributed by atoms with van der Waals surface area (Å²) in [5.74, 6) is 0.492. The summed E-state index contributed by atoms with van der Waals surface area (Å²) in [6.07, 6.45) is 0.739. The average Bonchev–Trinajstić information content (AvgIpc) is 2.61. The van der Waals surface area contributed by atoms with Gasteiger partial charge in [-0.05, 0) is 6.92 Å². The zero-order valence-electron chi connectivity index (χ0n) is 10.2. The summed E-state index contributed by atoms with van der Waals surface area (Å²) in [5.41, 5.74) is -0.844. The van der Waals surface area contributed by atoms with Crippen molar-refractivity contribution in [3.8, 4) is 5.75 Å². The molecule has 0 radical (unpaired) electrons. The second kappa shape index (κ2) is 4.82. The summed E-state index contributed by atoms with van der Waals surface area (Å²) in [4.78, 5) is 0. The van der Waals surface area contributed by atoms with Crippen LogP contribution in [-0.4, -0.2) is 42.5 Å². The van der Waals surface area contributed by atoms with E-state index in [4.69, 9.17) is 14.2 Å². The van der Waals surface area contributed by atoms with E-state index < -0.39 is 11.9 Å². The van der Waals surface area contributed by atoms with Crippen molar-refractivity contribution in [3.63, 3.8) is 0 Å². The number of ether oxygens (including phenoxy) is 3. The van der Waals surface area contributed by atoms with Crippen LogP contribution >= 0.6 is 0 Å². The van der Waals surface area contributed by atoms with Gasteiger partial charge in [0, 0.05) is 21.3 Å². The molecule has 16 heavy (non-hydrogen) atoms. The Hall–Kier alpha value is -1.11. The molecule has 0 spiro atoms. The van der Waals surface area contributed by atoms with Gasteiger partial charge in [0.1, 0.15) is 5.69 Å². The van der Waals surface area contributed by atoms with E-state index in [0.717, 1.165) is 0 Å². The Labute approximate surface area is 94.7 Å². The molecular formula is C10H18N2O4. The van der Waals surface area contributed by atoms with Crippen molar-refractivity contribution >= 4 is 0 Å². The van der Waals surface area contributed by atoms with E-state index in [1.807, 2.05) is 0 Å². The lowest BCUT2D eigenvalue weighted by Gasteiger charge is -2.30. The van der Waals surface area contributed by atoms with Crippen LogP contribution in [0.1, 0.15) is 12.6 Å². The van der Waals surface area contributed by atoms with Crippen molar-refractivity contribution in [2.45, 2.75) is 18.8 Å². The predicted octanol–water partition coefficient (Wildman–Crippen LogP) is 0.255. The van der Waals surface area contributed by atoms with Crippen LogP contribution in [0.15, 0.2) is 6.20 Å². The first-order chi connectivity index (χ1) is 7.48. The van der Waals surface area contributed by atoms with E-state index in [9.17, 15) is 5.11 Å². The van der Waals surface area contributed by atoms with Crippen LogP contribution in [0.25, 0.3) is 0 Å². The minimum absolute atomic E-state index is 0.492. The van der Waals surface area contributed by atoms with Crippen molar-refractivity contribution < 1.29 is 19.3 Å². The summed E-state index contributed by atoms with van der Waals surface area (Å²) < 4.78 is 16.8. The molecule has 92 valence electrons. The number of hydrogen-bond acceptors (Lipinski definition) is 5. The molecule has 6 heteroatoms. The zero-order chi connectivity index (χ0) is 12.3. The molecule has 0 fully saturated rings. The Morgan fingerprint density at radius 3 is 2.38 bits per heavy atom. The maximum absolute atomic E-state index is 10.4. The first-order valence-electron chi connectivity index (χ1n) is 4.83. The molecule has 0 saturated carbocycles. The fraction of sp³-hybridized carbons (Fsp3) is 0.700. The highest BCUT2D eigenvalue weighted by molar-refractivity contribution is 5.30. The molecule has 0 aliphatic rings. The van der Waals surface area contributed by atoms with Gasteiger partial charge in [-0.3, -0.25) is 4.68 Å². The lowest BCUT2D eigenvalue weighted by Crippen LogP contribution is -2.41. The van der Waals surface area contributed by atoms with Crippen molar-refractivity contribution in [1.29, 1.82) is 0 Å². The predicted molar refractivity (Wildman–Crippen MR) is 57.1 cm³/mol. The average molecular weight is 230 g/mol. The van der Waals surface area contributed by atoms with Gasteiger partial charge < -0.3 is 19.3 Å². The molecular weight excluding hydrogens is 212 g/mol. The first-order valence-corrected chi connectivity index (χ1v) is 4.83. The molecule has 0 saturated heterocycles. The van der Waals surface area contributed by atoms with E-state index in [0.29, 0.717) is 11.4 Å². The van der Waals surface area contributed by atoms with Crippen LogP contribution in [0.2, 0.25) is 0 Å². The number of methoxy groups -OCH3 is 3. The van der Waals surface area contributed by atoms with Crippen LogP contribution in [0.5, 0.6) is 5.75 Å². The van der Waals surface area contributed by atoms with E-state index in [2.05, 4.69) is 5.10 Å². The van der Waals surface area contributed by atoms with E-state index in [1.165, 1.54) is 32.2 Å². The van der Waals surface area contributed by atoms with Crippen LogP contribution in [-0.2, 0) is 22.1 Å². The number of hydrogen-bond donors (Lipinski definition) is 1. The van der Waals surface area contributed by atoms with Gasteiger partial charge >= 0.3 is 0 Å². The molecule has 0 bridgehead atoms. The zero-order valence-corrected chi connectivity index (χ0v) is 10.2. The Kier molecular flexibility index (Phi) is 3.90. The molecule has 6 nitrogen and oxygen atoms in total. The van der Waals surface area contributed by atoms with Gasteiger partial charge in [0.05, 0.1) is 13.3 Å². The lowest BCUT2D eigenvalue weighted by molar-refractivity contribution is -0.215. The van der Waals surface area contributed by atoms with Crippen molar-refractivity contribution in [3.05, 3.63) is 11.9 Å². The van der Waals surface area contributed by atoms with E-state index in [-0.39, 0.29) is 0 Å². The van der Waals surface area contributed by atoms with Crippen LogP contribution in [0.3, 0.4) is 0 Å². The van der Waals surface area contributed by atoms with Crippen molar-refractivity contribution in [1.82, 2.24) is 9.78 Å². The number of aliphatic hydroxyl groups is 1. The van der Waals surface area contributed by atoms with Gasteiger partial charge in [0.2, 0.25) is 0 Å². The molecule has 1 N–H and O–H groups in total. The molecule has 1 atom stereocenters. The number of nitrogens with zero attached hydrogens (tertiary/aromatic N) is 2. The fourth-order valence-electron chi connectivity index (χ4n) is 1.81. The van der Waals surface area contributed by atoms with Crippen molar-refractivity contribution in [2.75, 3.05) is 21.3 Å². The third-order valence-corrected chi connectivity index (χ3v) is 2.49. The Bertz CT molecular complexity index is 345. The summed E-state index contributed by atoms with van der Waals surface area (Å²) >= 11 is 0. The molecule has 1 heterocycles. The second-order valence-electron chi connectivity index (χ2n) is 3.64. The summed E-state index contributed by atoms with van der Waals surface area (Å²) in [6.45, 7) is 1.59. The molecule has 1 unspecified atom stereocenters. The summed E-state index contributed by atoms with van der Waals surface area (Å²) in [7, 11) is 6.16. The minimum Gasteiger partial charge on any atom is -0.493 e. The van der Waals surface area contributed by atoms with Crippen LogP contribution in [0.4, 0.5) is 0 Å². The molecule has 1 rings (SSSR count). The molecule has 1 aromatic heterocycles. The third-order valence-electron chi connectivity index (χ3n) is 2.49. The third kappa shape index (κ3) is 2.04. The molecule has 0 aromatic carbocycles. The van der Waals surface area contributed by atoms with Crippen molar-refractivity contribution in [2.24, 2.45) is 7.05 Å². The Morgan fingerprint density at radius 2 is 1.94 bits per heavy atom. The minimum atomic E-state index is -1.35. The molecule has 0 aliphatic heterocycles. The topological polar surface area (TPSA) is 65.7 Å².